The number of hydrogen-bond acceptors (Lipinski definition) is 3. The molecule has 0 aromatic rings. The summed E-state index contributed by atoms with van der Waals surface area (Å²) in [5.74, 6) is 1.99. The zero-order valence-electron chi connectivity index (χ0n) is 9.45. The topological polar surface area (TPSA) is 41.5 Å². The first kappa shape index (κ1) is 11.4. The molecule has 3 atom stereocenters. The van der Waals surface area contributed by atoms with E-state index in [4.69, 9.17) is 9.84 Å². The second-order valence-electron chi connectivity index (χ2n) is 4.93. The van der Waals surface area contributed by atoms with Crippen LogP contribution in [0.2, 0.25) is 0 Å². The molecule has 0 saturated heterocycles. The van der Waals surface area contributed by atoms with E-state index in [2.05, 4.69) is 5.32 Å². The molecule has 2 N–H and O–H groups in total. The molecule has 2 aliphatic rings. The van der Waals surface area contributed by atoms with E-state index in [-0.39, 0.29) is 6.61 Å². The first-order valence-electron chi connectivity index (χ1n) is 6.32. The van der Waals surface area contributed by atoms with Crippen LogP contribution in [0.3, 0.4) is 0 Å². The van der Waals surface area contributed by atoms with Gasteiger partial charge in [-0.2, -0.15) is 0 Å². The number of fused-ring (bicyclic) bond motifs is 2. The number of aliphatic hydroxyl groups is 1. The van der Waals surface area contributed by atoms with E-state index < -0.39 is 0 Å². The zero-order chi connectivity index (χ0) is 10.5. The van der Waals surface area contributed by atoms with Crippen molar-refractivity contribution in [3.8, 4) is 0 Å². The largest absolute Gasteiger partial charge is 0.394 e. The van der Waals surface area contributed by atoms with E-state index in [9.17, 15) is 0 Å². The van der Waals surface area contributed by atoms with Crippen molar-refractivity contribution in [3.05, 3.63) is 0 Å². The van der Waals surface area contributed by atoms with E-state index >= 15 is 0 Å². The van der Waals surface area contributed by atoms with Gasteiger partial charge < -0.3 is 15.2 Å². The molecule has 0 aromatic carbocycles. The molecule has 2 saturated carbocycles. The molecule has 2 rings (SSSR count). The summed E-state index contributed by atoms with van der Waals surface area (Å²) in [4.78, 5) is 0. The van der Waals surface area contributed by atoms with Crippen LogP contribution < -0.4 is 5.32 Å². The number of rotatable bonds is 7. The van der Waals surface area contributed by atoms with Crippen molar-refractivity contribution in [1.29, 1.82) is 0 Å². The third-order valence-corrected chi connectivity index (χ3v) is 3.85. The lowest BCUT2D eigenvalue weighted by molar-refractivity contribution is 0.0900. The van der Waals surface area contributed by atoms with Gasteiger partial charge in [-0.3, -0.25) is 0 Å². The molecule has 0 aromatic heterocycles. The molecule has 3 nitrogen and oxygen atoms in total. The quantitative estimate of drug-likeness (QED) is 0.624. The highest BCUT2D eigenvalue weighted by molar-refractivity contribution is 4.93. The second-order valence-corrected chi connectivity index (χ2v) is 4.93. The summed E-state index contributed by atoms with van der Waals surface area (Å²) >= 11 is 0. The molecule has 0 amide bonds. The summed E-state index contributed by atoms with van der Waals surface area (Å²) in [6, 6.07) is 0.793. The van der Waals surface area contributed by atoms with E-state index in [0.29, 0.717) is 6.61 Å². The van der Waals surface area contributed by atoms with Gasteiger partial charge in [0.1, 0.15) is 0 Å². The lowest BCUT2D eigenvalue weighted by Crippen LogP contribution is -2.34. The van der Waals surface area contributed by atoms with E-state index in [1.54, 1.807) is 0 Å². The molecule has 0 radical (unpaired) electrons. The predicted molar refractivity (Wildman–Crippen MR) is 59.8 cm³/mol. The maximum atomic E-state index is 8.53. The Bertz CT molecular complexity index is 186. The molecule has 3 heteroatoms. The Morgan fingerprint density at radius 2 is 2.13 bits per heavy atom. The van der Waals surface area contributed by atoms with Gasteiger partial charge >= 0.3 is 0 Å². The lowest BCUT2D eigenvalue weighted by atomic mass is 9.95. The van der Waals surface area contributed by atoms with Crippen LogP contribution >= 0.6 is 0 Å². The Morgan fingerprint density at radius 3 is 2.80 bits per heavy atom. The molecule has 15 heavy (non-hydrogen) atoms. The first-order chi connectivity index (χ1) is 7.40. The minimum Gasteiger partial charge on any atom is -0.394 e. The fourth-order valence-electron chi connectivity index (χ4n) is 3.12. The highest BCUT2D eigenvalue weighted by Crippen LogP contribution is 2.44. The molecule has 88 valence electrons. The summed E-state index contributed by atoms with van der Waals surface area (Å²) < 4.78 is 5.22. The van der Waals surface area contributed by atoms with Gasteiger partial charge in [0.2, 0.25) is 0 Å². The van der Waals surface area contributed by atoms with Crippen LogP contribution in [0.4, 0.5) is 0 Å². The highest BCUT2D eigenvalue weighted by atomic mass is 16.5. The van der Waals surface area contributed by atoms with Crippen molar-refractivity contribution in [3.63, 3.8) is 0 Å². The highest BCUT2D eigenvalue weighted by Gasteiger charge is 2.38. The maximum absolute atomic E-state index is 8.53. The summed E-state index contributed by atoms with van der Waals surface area (Å²) in [6.07, 6.45) is 6.86. The average Bonchev–Trinajstić information content (AvgIpc) is 2.85. The molecule has 0 aliphatic heterocycles. The van der Waals surface area contributed by atoms with Gasteiger partial charge in [-0.05, 0) is 44.1 Å². The normalized spacial score (nSPS) is 33.8. The van der Waals surface area contributed by atoms with Crippen LogP contribution in [0, 0.1) is 11.8 Å². The van der Waals surface area contributed by atoms with Gasteiger partial charge in [0.25, 0.3) is 0 Å². The Kier molecular flexibility index (Phi) is 4.42. The first-order valence-corrected chi connectivity index (χ1v) is 6.32. The Morgan fingerprint density at radius 1 is 1.20 bits per heavy atom. The molecular weight excluding hydrogens is 190 g/mol. The number of nitrogens with one attached hydrogen (secondary N) is 1. The van der Waals surface area contributed by atoms with Crippen LogP contribution in [0.5, 0.6) is 0 Å². The molecule has 2 fully saturated rings. The van der Waals surface area contributed by atoms with Gasteiger partial charge in [0.05, 0.1) is 13.2 Å². The minimum absolute atomic E-state index is 0.139. The van der Waals surface area contributed by atoms with Gasteiger partial charge in [-0.25, -0.2) is 0 Å². The summed E-state index contributed by atoms with van der Waals surface area (Å²) in [7, 11) is 0. The molecule has 3 unspecified atom stereocenters. The molecule has 2 aliphatic carbocycles. The summed E-state index contributed by atoms with van der Waals surface area (Å²) in [5.41, 5.74) is 0. The standard InChI is InChI=1S/C12H23NO2/c14-5-7-15-6-1-4-13-12-9-10-2-3-11(12)8-10/h10-14H,1-9H2. The van der Waals surface area contributed by atoms with Crippen molar-refractivity contribution in [2.24, 2.45) is 11.8 Å². The molecule has 0 spiro atoms. The summed E-state index contributed by atoms with van der Waals surface area (Å²) in [5, 5.41) is 12.2. The minimum atomic E-state index is 0.139. The van der Waals surface area contributed by atoms with Crippen molar-refractivity contribution in [2.45, 2.75) is 38.1 Å². The Balaban J connectivity index is 1.48. The lowest BCUT2D eigenvalue weighted by Gasteiger charge is -2.22. The Labute approximate surface area is 92.2 Å². The van der Waals surface area contributed by atoms with Crippen LogP contribution in [0.1, 0.15) is 32.1 Å². The monoisotopic (exact) mass is 213 g/mol. The number of ether oxygens (including phenoxy) is 1. The molecule has 0 heterocycles. The van der Waals surface area contributed by atoms with Crippen LogP contribution in [0.25, 0.3) is 0 Å². The molecule has 2 bridgehead atoms. The third kappa shape index (κ3) is 3.16. The fourth-order valence-corrected chi connectivity index (χ4v) is 3.12. The van der Waals surface area contributed by atoms with E-state index in [1.807, 2.05) is 0 Å². The van der Waals surface area contributed by atoms with E-state index in [0.717, 1.165) is 37.5 Å². The fraction of sp³-hybridized carbons (Fsp3) is 1.00. The Hall–Kier alpha value is -0.120. The predicted octanol–water partition coefficient (Wildman–Crippen LogP) is 1.16. The van der Waals surface area contributed by atoms with Crippen molar-refractivity contribution >= 4 is 0 Å². The van der Waals surface area contributed by atoms with Crippen LogP contribution in [-0.2, 0) is 4.74 Å². The van der Waals surface area contributed by atoms with Gasteiger partial charge in [-0.1, -0.05) is 6.42 Å². The van der Waals surface area contributed by atoms with Crippen LogP contribution in [0.15, 0.2) is 0 Å². The van der Waals surface area contributed by atoms with E-state index in [1.165, 1.54) is 25.7 Å². The average molecular weight is 213 g/mol. The van der Waals surface area contributed by atoms with Crippen LogP contribution in [-0.4, -0.2) is 37.5 Å². The third-order valence-electron chi connectivity index (χ3n) is 3.85. The van der Waals surface area contributed by atoms with Crippen molar-refractivity contribution < 1.29 is 9.84 Å². The number of aliphatic hydroxyl groups excluding tert-OH is 1. The van der Waals surface area contributed by atoms with Gasteiger partial charge in [-0.15, -0.1) is 0 Å². The van der Waals surface area contributed by atoms with Crippen molar-refractivity contribution in [1.82, 2.24) is 5.32 Å². The second kappa shape index (κ2) is 5.83. The van der Waals surface area contributed by atoms with Gasteiger partial charge in [0.15, 0.2) is 0 Å². The van der Waals surface area contributed by atoms with Crippen molar-refractivity contribution in [2.75, 3.05) is 26.4 Å². The molecular formula is C12H23NO2. The van der Waals surface area contributed by atoms with Gasteiger partial charge in [0, 0.05) is 12.6 Å². The smallest absolute Gasteiger partial charge is 0.0697 e. The zero-order valence-corrected chi connectivity index (χ0v) is 9.45. The number of hydrogen-bond donors (Lipinski definition) is 2. The SMILES string of the molecule is OCCOCCCNC1CC2CCC1C2. The summed E-state index contributed by atoms with van der Waals surface area (Å²) in [6.45, 7) is 2.46. The maximum Gasteiger partial charge on any atom is 0.0697 e.